The Kier molecular flexibility index (Phi) is 7.59. The Morgan fingerprint density at radius 3 is 2.39 bits per heavy atom. The Hall–Kier alpha value is -2.04. The highest BCUT2D eigenvalue weighted by molar-refractivity contribution is 5.86. The maximum Gasteiger partial charge on any atom is 0.239 e. The van der Waals surface area contributed by atoms with Crippen molar-refractivity contribution in [2.75, 3.05) is 20.1 Å². The van der Waals surface area contributed by atoms with Gasteiger partial charge in [0.1, 0.15) is 0 Å². The Bertz CT molecular complexity index is 506. The van der Waals surface area contributed by atoms with Crippen molar-refractivity contribution < 1.29 is 4.79 Å². The molecule has 0 radical (unpaired) electrons. The van der Waals surface area contributed by atoms with Crippen LogP contribution in [0, 0.1) is 0 Å². The number of carbonyl (C=O) groups is 1. The van der Waals surface area contributed by atoms with E-state index in [-0.39, 0.29) is 18.0 Å². The van der Waals surface area contributed by atoms with Gasteiger partial charge in [-0.15, -0.1) is 0 Å². The molecule has 3 N–H and O–H groups in total. The maximum absolute atomic E-state index is 11.8. The number of nitrogens with zero attached hydrogens (tertiary/aromatic N) is 1. The fraction of sp³-hybridized carbons (Fsp3) is 0.556. The van der Waals surface area contributed by atoms with E-state index < -0.39 is 0 Å². The number of carbonyl (C=O) groups excluding carboxylic acids is 1. The predicted molar refractivity (Wildman–Crippen MR) is 96.7 cm³/mol. The summed E-state index contributed by atoms with van der Waals surface area (Å²) in [6.07, 6.45) is 0.999. The summed E-state index contributed by atoms with van der Waals surface area (Å²) < 4.78 is 0. The molecule has 0 heterocycles. The molecule has 0 fully saturated rings. The van der Waals surface area contributed by atoms with Crippen LogP contribution in [0.25, 0.3) is 0 Å². The first-order chi connectivity index (χ1) is 10.8. The van der Waals surface area contributed by atoms with Crippen molar-refractivity contribution in [3.8, 4) is 0 Å². The van der Waals surface area contributed by atoms with Crippen molar-refractivity contribution in [3.05, 3.63) is 35.9 Å². The first kappa shape index (κ1) is 19.0. The van der Waals surface area contributed by atoms with E-state index in [4.69, 9.17) is 0 Å². The Morgan fingerprint density at radius 1 is 1.17 bits per heavy atom. The van der Waals surface area contributed by atoms with Gasteiger partial charge in [-0.25, -0.2) is 0 Å². The van der Waals surface area contributed by atoms with Gasteiger partial charge >= 0.3 is 0 Å². The molecule has 0 spiro atoms. The van der Waals surface area contributed by atoms with Gasteiger partial charge in [0, 0.05) is 19.1 Å². The van der Waals surface area contributed by atoms with Crippen molar-refractivity contribution in [2.45, 2.75) is 45.6 Å². The van der Waals surface area contributed by atoms with Crippen LogP contribution in [0.3, 0.4) is 0 Å². The Balaban J connectivity index is 2.31. The zero-order valence-electron chi connectivity index (χ0n) is 14.9. The fourth-order valence-electron chi connectivity index (χ4n) is 2.20. The number of hydrogen-bond donors (Lipinski definition) is 3. The highest BCUT2D eigenvalue weighted by atomic mass is 16.2. The molecule has 5 heteroatoms. The predicted octanol–water partition coefficient (Wildman–Crippen LogP) is 2.26. The first-order valence-electron chi connectivity index (χ1n) is 8.12. The zero-order valence-corrected chi connectivity index (χ0v) is 14.9. The molecule has 1 rings (SSSR count). The minimum absolute atomic E-state index is 0.0434. The van der Waals surface area contributed by atoms with E-state index in [1.807, 2.05) is 26.8 Å². The molecular weight excluding hydrogens is 288 g/mol. The third-order valence-electron chi connectivity index (χ3n) is 3.39. The molecule has 0 saturated carbocycles. The van der Waals surface area contributed by atoms with Crippen molar-refractivity contribution >= 4 is 11.9 Å². The summed E-state index contributed by atoms with van der Waals surface area (Å²) in [5, 5.41) is 9.19. The van der Waals surface area contributed by atoms with E-state index in [0.29, 0.717) is 11.9 Å². The summed E-state index contributed by atoms with van der Waals surface area (Å²) >= 11 is 0. The molecule has 0 saturated heterocycles. The van der Waals surface area contributed by atoms with Crippen molar-refractivity contribution in [3.63, 3.8) is 0 Å². The van der Waals surface area contributed by atoms with Gasteiger partial charge in [-0.2, -0.15) is 0 Å². The van der Waals surface area contributed by atoms with Gasteiger partial charge in [-0.3, -0.25) is 9.79 Å². The van der Waals surface area contributed by atoms with Crippen LogP contribution in [0.1, 0.15) is 45.6 Å². The van der Waals surface area contributed by atoms with Gasteiger partial charge < -0.3 is 16.0 Å². The van der Waals surface area contributed by atoms with Crippen LogP contribution in [0.5, 0.6) is 0 Å². The van der Waals surface area contributed by atoms with Gasteiger partial charge in [0.25, 0.3) is 0 Å². The lowest BCUT2D eigenvalue weighted by atomic mass is 9.98. The lowest BCUT2D eigenvalue weighted by molar-refractivity contribution is -0.121. The van der Waals surface area contributed by atoms with Crippen molar-refractivity contribution in [1.29, 1.82) is 0 Å². The van der Waals surface area contributed by atoms with Gasteiger partial charge in [0.05, 0.1) is 6.54 Å². The highest BCUT2D eigenvalue weighted by Crippen LogP contribution is 2.17. The second-order valence-electron chi connectivity index (χ2n) is 6.75. The van der Waals surface area contributed by atoms with E-state index in [0.717, 1.165) is 13.0 Å². The molecule has 0 aliphatic rings. The molecule has 0 aliphatic carbocycles. The summed E-state index contributed by atoms with van der Waals surface area (Å²) in [6, 6.07) is 10.5. The van der Waals surface area contributed by atoms with E-state index in [9.17, 15) is 4.79 Å². The number of nitrogens with one attached hydrogen (secondary N) is 3. The number of rotatable bonds is 6. The van der Waals surface area contributed by atoms with Crippen LogP contribution in [-0.4, -0.2) is 37.5 Å². The minimum atomic E-state index is -0.221. The van der Waals surface area contributed by atoms with Gasteiger partial charge in [0.15, 0.2) is 5.96 Å². The van der Waals surface area contributed by atoms with Crippen molar-refractivity contribution in [2.24, 2.45) is 4.99 Å². The minimum Gasteiger partial charge on any atom is -0.356 e. The molecule has 1 unspecified atom stereocenters. The van der Waals surface area contributed by atoms with E-state index in [2.05, 4.69) is 52.1 Å². The zero-order chi connectivity index (χ0) is 17.3. The lowest BCUT2D eigenvalue weighted by Crippen LogP contribution is -2.48. The fourth-order valence-corrected chi connectivity index (χ4v) is 2.20. The van der Waals surface area contributed by atoms with Gasteiger partial charge in [-0.05, 0) is 38.7 Å². The Labute approximate surface area is 140 Å². The van der Waals surface area contributed by atoms with Gasteiger partial charge in [0.2, 0.25) is 5.91 Å². The summed E-state index contributed by atoms with van der Waals surface area (Å²) in [6.45, 7) is 9.11. The van der Waals surface area contributed by atoms with Crippen LogP contribution in [-0.2, 0) is 4.79 Å². The summed E-state index contributed by atoms with van der Waals surface area (Å²) in [7, 11) is 1.71. The summed E-state index contributed by atoms with van der Waals surface area (Å²) in [5.41, 5.74) is 1.11. The number of amides is 1. The second kappa shape index (κ2) is 9.18. The second-order valence-corrected chi connectivity index (χ2v) is 6.75. The molecular formula is C18H30N4O. The average molecular weight is 318 g/mol. The lowest BCUT2D eigenvalue weighted by Gasteiger charge is -2.21. The normalized spacial score (nSPS) is 13.3. The summed E-state index contributed by atoms with van der Waals surface area (Å²) in [4.78, 5) is 15.9. The largest absolute Gasteiger partial charge is 0.356 e. The number of hydrogen-bond acceptors (Lipinski definition) is 2. The molecule has 23 heavy (non-hydrogen) atoms. The number of guanidine groups is 1. The van der Waals surface area contributed by atoms with Crippen LogP contribution in [0.2, 0.25) is 0 Å². The molecule has 0 aliphatic heterocycles. The average Bonchev–Trinajstić information content (AvgIpc) is 2.49. The molecule has 1 amide bonds. The molecule has 1 aromatic carbocycles. The SMILES string of the molecule is CN=C(NCCC(C)c1ccccc1)NCC(=O)NC(C)(C)C. The number of benzene rings is 1. The van der Waals surface area contributed by atoms with Crippen LogP contribution < -0.4 is 16.0 Å². The third-order valence-corrected chi connectivity index (χ3v) is 3.39. The monoisotopic (exact) mass is 318 g/mol. The molecule has 1 aromatic rings. The molecule has 0 bridgehead atoms. The van der Waals surface area contributed by atoms with E-state index >= 15 is 0 Å². The smallest absolute Gasteiger partial charge is 0.239 e. The highest BCUT2D eigenvalue weighted by Gasteiger charge is 2.13. The number of aliphatic imine (C=N–C) groups is 1. The van der Waals surface area contributed by atoms with Crippen LogP contribution in [0.4, 0.5) is 0 Å². The summed E-state index contributed by atoms with van der Waals surface area (Å²) in [5.74, 6) is 1.08. The first-order valence-corrected chi connectivity index (χ1v) is 8.12. The third kappa shape index (κ3) is 8.24. The maximum atomic E-state index is 11.8. The van der Waals surface area contributed by atoms with E-state index in [1.54, 1.807) is 7.05 Å². The molecule has 0 aromatic heterocycles. The van der Waals surface area contributed by atoms with Gasteiger partial charge in [-0.1, -0.05) is 37.3 Å². The molecule has 1 atom stereocenters. The quantitative estimate of drug-likeness (QED) is 0.557. The Morgan fingerprint density at radius 2 is 1.83 bits per heavy atom. The van der Waals surface area contributed by atoms with Crippen molar-refractivity contribution in [1.82, 2.24) is 16.0 Å². The van der Waals surface area contributed by atoms with E-state index in [1.165, 1.54) is 5.56 Å². The topological polar surface area (TPSA) is 65.5 Å². The van der Waals surface area contributed by atoms with Crippen LogP contribution >= 0.6 is 0 Å². The molecule has 128 valence electrons. The molecule has 5 nitrogen and oxygen atoms in total. The van der Waals surface area contributed by atoms with Crippen LogP contribution in [0.15, 0.2) is 35.3 Å². The standard InChI is InChI=1S/C18H30N4O/c1-14(15-9-7-6-8-10-15)11-12-20-17(19-5)21-13-16(23)22-18(2,3)4/h6-10,14H,11-13H2,1-5H3,(H,22,23)(H2,19,20,21).